The van der Waals surface area contributed by atoms with Gasteiger partial charge >= 0.3 is 0 Å². The summed E-state index contributed by atoms with van der Waals surface area (Å²) in [5.74, 6) is 0.653. The van der Waals surface area contributed by atoms with Crippen LogP contribution in [0.1, 0.15) is 37.8 Å². The van der Waals surface area contributed by atoms with Crippen molar-refractivity contribution < 1.29 is 4.74 Å². The number of hydrogen-bond acceptors (Lipinski definition) is 3. The molecule has 0 bridgehead atoms. The lowest BCUT2D eigenvalue weighted by Crippen LogP contribution is -2.43. The number of nitrogens with zero attached hydrogens (tertiary/aromatic N) is 2. The summed E-state index contributed by atoms with van der Waals surface area (Å²) >= 11 is 0. The number of aliphatic imine (C=N–C) groups is 1. The van der Waals surface area contributed by atoms with Crippen molar-refractivity contribution in [1.29, 1.82) is 0 Å². The summed E-state index contributed by atoms with van der Waals surface area (Å²) in [7, 11) is 1.83. The molecule has 2 aliphatic heterocycles. The quantitative estimate of drug-likeness (QED) is 0.851. The summed E-state index contributed by atoms with van der Waals surface area (Å²) in [5, 5.41) is 0. The van der Waals surface area contributed by atoms with Gasteiger partial charge in [-0.1, -0.05) is 12.1 Å². The Morgan fingerprint density at radius 3 is 2.71 bits per heavy atom. The minimum absolute atomic E-state index is 0.00510. The van der Waals surface area contributed by atoms with Crippen LogP contribution in [0.5, 0.6) is 0 Å². The first kappa shape index (κ1) is 14.6. The molecule has 2 heterocycles. The lowest BCUT2D eigenvalue weighted by molar-refractivity contribution is -0.0357. The molecule has 21 heavy (non-hydrogen) atoms. The van der Waals surface area contributed by atoms with Gasteiger partial charge in [-0.05, 0) is 56.2 Å². The number of hydrogen-bond donors (Lipinski definition) is 0. The predicted octanol–water partition coefficient (Wildman–Crippen LogP) is 3.30. The molecule has 0 aliphatic carbocycles. The molecular weight excluding hydrogens is 260 g/mol. The van der Waals surface area contributed by atoms with Crippen LogP contribution in [0.25, 0.3) is 0 Å². The standard InChI is InChI=1S/C18H26N2O/c1-18(2,21-3)15-8-11-20(12-9-15)17-6-4-5-14-13-19-10-7-16(14)17/h4-6,13,15H,7-12H2,1-3H3. The Labute approximate surface area is 128 Å². The fourth-order valence-electron chi connectivity index (χ4n) is 3.60. The highest BCUT2D eigenvalue weighted by Gasteiger charge is 2.33. The minimum Gasteiger partial charge on any atom is -0.379 e. The minimum atomic E-state index is -0.00510. The zero-order valence-electron chi connectivity index (χ0n) is 13.4. The van der Waals surface area contributed by atoms with Gasteiger partial charge in [-0.2, -0.15) is 0 Å². The van der Waals surface area contributed by atoms with Crippen molar-refractivity contribution >= 4 is 11.9 Å². The van der Waals surface area contributed by atoms with Gasteiger partial charge in [0.1, 0.15) is 0 Å². The van der Waals surface area contributed by atoms with E-state index in [0.29, 0.717) is 5.92 Å². The molecule has 3 nitrogen and oxygen atoms in total. The molecule has 0 spiro atoms. The zero-order chi connectivity index (χ0) is 14.9. The van der Waals surface area contributed by atoms with Crippen molar-refractivity contribution in [3.63, 3.8) is 0 Å². The molecular formula is C18H26N2O. The maximum absolute atomic E-state index is 5.67. The van der Waals surface area contributed by atoms with E-state index in [1.165, 1.54) is 29.7 Å². The lowest BCUT2D eigenvalue weighted by Gasteiger charge is -2.41. The topological polar surface area (TPSA) is 24.8 Å². The van der Waals surface area contributed by atoms with Crippen LogP contribution in [0.15, 0.2) is 23.2 Å². The summed E-state index contributed by atoms with van der Waals surface area (Å²) in [6, 6.07) is 6.62. The number of benzene rings is 1. The Hall–Kier alpha value is -1.35. The van der Waals surface area contributed by atoms with E-state index in [4.69, 9.17) is 4.74 Å². The highest BCUT2D eigenvalue weighted by molar-refractivity contribution is 5.85. The van der Waals surface area contributed by atoms with E-state index in [1.54, 1.807) is 0 Å². The fourth-order valence-corrected chi connectivity index (χ4v) is 3.60. The van der Waals surface area contributed by atoms with E-state index in [1.807, 2.05) is 13.3 Å². The molecule has 1 aromatic carbocycles. The largest absolute Gasteiger partial charge is 0.379 e. The molecule has 0 aromatic heterocycles. The zero-order valence-corrected chi connectivity index (χ0v) is 13.4. The predicted molar refractivity (Wildman–Crippen MR) is 88.6 cm³/mol. The third-order valence-corrected chi connectivity index (χ3v) is 5.25. The first-order chi connectivity index (χ1) is 10.1. The first-order valence-corrected chi connectivity index (χ1v) is 8.03. The van der Waals surface area contributed by atoms with Gasteiger partial charge in [0.15, 0.2) is 0 Å². The number of ether oxygens (including phenoxy) is 1. The number of fused-ring (bicyclic) bond motifs is 1. The molecule has 3 heteroatoms. The van der Waals surface area contributed by atoms with Crippen LogP contribution in [0.4, 0.5) is 5.69 Å². The number of piperidine rings is 1. The number of anilines is 1. The summed E-state index contributed by atoms with van der Waals surface area (Å²) in [6.07, 6.45) is 5.52. The van der Waals surface area contributed by atoms with Crippen LogP contribution in [-0.4, -0.2) is 38.6 Å². The van der Waals surface area contributed by atoms with Crippen molar-refractivity contribution in [3.8, 4) is 0 Å². The summed E-state index contributed by atoms with van der Waals surface area (Å²) in [5.41, 5.74) is 4.21. The lowest BCUT2D eigenvalue weighted by atomic mass is 9.82. The second kappa shape index (κ2) is 5.80. The van der Waals surface area contributed by atoms with Gasteiger partial charge in [0, 0.05) is 38.6 Å². The molecule has 1 saturated heterocycles. The average Bonchev–Trinajstić information content (AvgIpc) is 2.54. The molecule has 0 atom stereocenters. The number of rotatable bonds is 3. The third kappa shape index (κ3) is 2.84. The van der Waals surface area contributed by atoms with Crippen LogP contribution in [0, 0.1) is 5.92 Å². The van der Waals surface area contributed by atoms with E-state index < -0.39 is 0 Å². The molecule has 0 N–H and O–H groups in total. The second-order valence-corrected chi connectivity index (χ2v) is 6.70. The monoisotopic (exact) mass is 286 g/mol. The molecule has 0 saturated carbocycles. The fraction of sp³-hybridized carbons (Fsp3) is 0.611. The van der Waals surface area contributed by atoms with Gasteiger partial charge in [-0.3, -0.25) is 4.99 Å². The Morgan fingerprint density at radius 1 is 1.24 bits per heavy atom. The molecule has 0 radical (unpaired) electrons. The molecule has 0 amide bonds. The Bertz CT molecular complexity index is 528. The molecule has 1 aromatic rings. The smallest absolute Gasteiger partial charge is 0.0652 e. The van der Waals surface area contributed by atoms with Gasteiger partial charge in [0.25, 0.3) is 0 Å². The molecule has 0 unspecified atom stereocenters. The molecule has 114 valence electrons. The maximum Gasteiger partial charge on any atom is 0.0652 e. The third-order valence-electron chi connectivity index (χ3n) is 5.25. The molecule has 1 fully saturated rings. The van der Waals surface area contributed by atoms with E-state index in [2.05, 4.69) is 41.9 Å². The highest BCUT2D eigenvalue weighted by atomic mass is 16.5. The van der Waals surface area contributed by atoms with Crippen molar-refractivity contribution in [2.24, 2.45) is 10.9 Å². The Kier molecular flexibility index (Phi) is 4.03. The van der Waals surface area contributed by atoms with Gasteiger partial charge in [0.2, 0.25) is 0 Å². The molecule has 2 aliphatic rings. The average molecular weight is 286 g/mol. The number of methoxy groups -OCH3 is 1. The van der Waals surface area contributed by atoms with Crippen LogP contribution >= 0.6 is 0 Å². The Balaban J connectivity index is 1.75. The van der Waals surface area contributed by atoms with Gasteiger partial charge < -0.3 is 9.64 Å². The van der Waals surface area contributed by atoms with E-state index in [-0.39, 0.29) is 5.60 Å². The van der Waals surface area contributed by atoms with Crippen molar-refractivity contribution in [2.75, 3.05) is 31.6 Å². The van der Waals surface area contributed by atoms with Crippen LogP contribution in [-0.2, 0) is 11.2 Å². The first-order valence-electron chi connectivity index (χ1n) is 8.03. The summed E-state index contributed by atoms with van der Waals surface area (Å²) in [4.78, 5) is 6.96. The summed E-state index contributed by atoms with van der Waals surface area (Å²) < 4.78 is 5.67. The van der Waals surface area contributed by atoms with Crippen LogP contribution in [0.2, 0.25) is 0 Å². The highest BCUT2D eigenvalue weighted by Crippen LogP contribution is 2.34. The molecule has 3 rings (SSSR count). The summed E-state index contributed by atoms with van der Waals surface area (Å²) in [6.45, 7) is 7.62. The van der Waals surface area contributed by atoms with Gasteiger partial charge in [-0.25, -0.2) is 0 Å². The van der Waals surface area contributed by atoms with Crippen LogP contribution < -0.4 is 4.90 Å². The van der Waals surface area contributed by atoms with E-state index in [9.17, 15) is 0 Å². The van der Waals surface area contributed by atoms with Gasteiger partial charge in [0.05, 0.1) is 5.60 Å². The normalized spacial score (nSPS) is 19.7. The second-order valence-electron chi connectivity index (χ2n) is 6.70. The SMILES string of the molecule is COC(C)(C)C1CCN(c2cccc3c2CCN=C3)CC1. The van der Waals surface area contributed by atoms with Crippen molar-refractivity contribution in [3.05, 3.63) is 29.3 Å². The van der Waals surface area contributed by atoms with Crippen molar-refractivity contribution in [1.82, 2.24) is 0 Å². The van der Waals surface area contributed by atoms with Crippen LogP contribution in [0.3, 0.4) is 0 Å². The van der Waals surface area contributed by atoms with E-state index >= 15 is 0 Å². The Morgan fingerprint density at radius 2 is 2.00 bits per heavy atom. The van der Waals surface area contributed by atoms with E-state index in [0.717, 1.165) is 26.1 Å². The van der Waals surface area contributed by atoms with Gasteiger partial charge in [-0.15, -0.1) is 0 Å². The maximum atomic E-state index is 5.67. The van der Waals surface area contributed by atoms with Crippen molar-refractivity contribution in [2.45, 2.75) is 38.7 Å².